The molecule has 0 aromatic carbocycles. The van der Waals surface area contributed by atoms with Crippen LogP contribution in [-0.2, 0) is 10.2 Å². The summed E-state index contributed by atoms with van der Waals surface area (Å²) in [4.78, 5) is 27.2. The van der Waals surface area contributed by atoms with E-state index in [1.54, 1.807) is 11.3 Å². The molecular weight excluding hydrogens is 322 g/mol. The summed E-state index contributed by atoms with van der Waals surface area (Å²) < 4.78 is 0. The molecule has 0 radical (unpaired) electrons. The van der Waals surface area contributed by atoms with Crippen molar-refractivity contribution in [3.63, 3.8) is 0 Å². The molecule has 1 aromatic rings. The number of amides is 3. The van der Waals surface area contributed by atoms with Gasteiger partial charge in [-0.2, -0.15) is 0 Å². The van der Waals surface area contributed by atoms with Gasteiger partial charge in [-0.25, -0.2) is 4.79 Å². The molecule has 2 fully saturated rings. The number of thiophene rings is 1. The topological polar surface area (TPSA) is 61.4 Å². The minimum Gasteiger partial charge on any atom is -0.341 e. The van der Waals surface area contributed by atoms with Crippen molar-refractivity contribution in [2.75, 3.05) is 19.6 Å². The normalized spacial score (nSPS) is 22.5. The third kappa shape index (κ3) is 3.74. The molecular formula is C18H27N3O2S. The van der Waals surface area contributed by atoms with E-state index in [2.05, 4.69) is 28.1 Å². The van der Waals surface area contributed by atoms with Gasteiger partial charge in [-0.15, -0.1) is 11.3 Å². The van der Waals surface area contributed by atoms with E-state index in [4.69, 9.17) is 0 Å². The average molecular weight is 350 g/mol. The van der Waals surface area contributed by atoms with Gasteiger partial charge in [0.25, 0.3) is 0 Å². The molecule has 0 unspecified atom stereocenters. The van der Waals surface area contributed by atoms with Crippen LogP contribution in [0.15, 0.2) is 17.5 Å². The van der Waals surface area contributed by atoms with Crippen LogP contribution in [-0.4, -0.2) is 42.5 Å². The molecule has 1 aliphatic heterocycles. The quantitative estimate of drug-likeness (QED) is 0.859. The summed E-state index contributed by atoms with van der Waals surface area (Å²) >= 11 is 1.79. The Morgan fingerprint density at radius 2 is 2.17 bits per heavy atom. The van der Waals surface area contributed by atoms with E-state index in [0.717, 1.165) is 25.8 Å². The molecule has 1 aliphatic carbocycles. The van der Waals surface area contributed by atoms with Crippen LogP contribution >= 0.6 is 11.3 Å². The second kappa shape index (κ2) is 7.55. The number of carbonyl (C=O) groups excluding carboxylic acids is 2. The van der Waals surface area contributed by atoms with Crippen molar-refractivity contribution in [3.05, 3.63) is 22.4 Å². The molecule has 6 heteroatoms. The molecule has 24 heavy (non-hydrogen) atoms. The predicted octanol–water partition coefficient (Wildman–Crippen LogP) is 2.87. The minimum atomic E-state index is -0.103. The summed E-state index contributed by atoms with van der Waals surface area (Å²) in [7, 11) is 0. The predicted molar refractivity (Wildman–Crippen MR) is 96.3 cm³/mol. The van der Waals surface area contributed by atoms with Crippen molar-refractivity contribution in [1.29, 1.82) is 0 Å². The van der Waals surface area contributed by atoms with Crippen LogP contribution < -0.4 is 10.6 Å². The fourth-order valence-electron chi connectivity index (χ4n) is 3.96. The van der Waals surface area contributed by atoms with E-state index in [0.29, 0.717) is 19.5 Å². The highest BCUT2D eigenvalue weighted by molar-refractivity contribution is 7.10. The third-order valence-corrected chi connectivity index (χ3v) is 6.49. The van der Waals surface area contributed by atoms with Crippen LogP contribution in [0.4, 0.5) is 4.79 Å². The molecule has 2 N–H and O–H groups in total. The highest BCUT2D eigenvalue weighted by Gasteiger charge is 2.37. The van der Waals surface area contributed by atoms with E-state index in [1.165, 1.54) is 17.7 Å². The molecule has 1 saturated carbocycles. The molecule has 2 aliphatic rings. The fourth-order valence-corrected chi connectivity index (χ4v) is 4.94. The maximum atomic E-state index is 12.3. The first kappa shape index (κ1) is 17.3. The van der Waals surface area contributed by atoms with Gasteiger partial charge in [0.1, 0.15) is 0 Å². The summed E-state index contributed by atoms with van der Waals surface area (Å²) in [5, 5.41) is 8.24. The highest BCUT2D eigenvalue weighted by Crippen LogP contribution is 2.42. The number of likely N-dealkylation sites (tertiary alicyclic amines) is 1. The molecule has 3 rings (SSSR count). The van der Waals surface area contributed by atoms with E-state index >= 15 is 0 Å². The smallest absolute Gasteiger partial charge is 0.315 e. The van der Waals surface area contributed by atoms with Gasteiger partial charge >= 0.3 is 6.03 Å². The van der Waals surface area contributed by atoms with Crippen LogP contribution in [0, 0.1) is 0 Å². The van der Waals surface area contributed by atoms with E-state index < -0.39 is 0 Å². The Morgan fingerprint density at radius 1 is 1.38 bits per heavy atom. The minimum absolute atomic E-state index is 0.0711. The number of nitrogens with one attached hydrogen (secondary N) is 2. The second-order valence-electron chi connectivity index (χ2n) is 6.97. The Labute approximate surface area is 147 Å². The number of hydrogen-bond acceptors (Lipinski definition) is 3. The molecule has 1 aromatic heterocycles. The molecule has 1 atom stereocenters. The first-order valence-corrected chi connectivity index (χ1v) is 9.87. The Hall–Kier alpha value is -1.56. The monoisotopic (exact) mass is 349 g/mol. The van der Waals surface area contributed by atoms with Gasteiger partial charge in [0.2, 0.25) is 5.91 Å². The number of urea groups is 1. The Kier molecular flexibility index (Phi) is 5.43. The molecule has 132 valence electrons. The van der Waals surface area contributed by atoms with E-state index in [-0.39, 0.29) is 23.4 Å². The lowest BCUT2D eigenvalue weighted by Crippen LogP contribution is -2.47. The average Bonchev–Trinajstić information content (AvgIpc) is 3.32. The van der Waals surface area contributed by atoms with Gasteiger partial charge in [-0.1, -0.05) is 25.8 Å². The van der Waals surface area contributed by atoms with Crippen molar-refractivity contribution < 1.29 is 9.59 Å². The summed E-state index contributed by atoms with van der Waals surface area (Å²) in [6, 6.07) is 4.26. The Morgan fingerprint density at radius 3 is 2.83 bits per heavy atom. The van der Waals surface area contributed by atoms with E-state index in [1.807, 2.05) is 11.8 Å². The standard InChI is InChI=1S/C18H27N3O2S/c1-2-16(22)21-10-7-14(12-21)20-17(23)19-13-18(8-3-4-9-18)15-6-5-11-24-15/h5-6,11,14H,2-4,7-10,12-13H2,1H3,(H2,19,20,23)/t14-/m1/s1. The van der Waals surface area contributed by atoms with Crippen LogP contribution in [0.25, 0.3) is 0 Å². The van der Waals surface area contributed by atoms with Gasteiger partial charge in [-0.3, -0.25) is 4.79 Å². The number of hydrogen-bond donors (Lipinski definition) is 2. The fraction of sp³-hybridized carbons (Fsp3) is 0.667. The van der Waals surface area contributed by atoms with Crippen LogP contribution in [0.3, 0.4) is 0 Å². The lowest BCUT2D eigenvalue weighted by atomic mass is 9.84. The zero-order chi connectivity index (χ0) is 17.0. The third-order valence-electron chi connectivity index (χ3n) is 5.37. The van der Waals surface area contributed by atoms with E-state index in [9.17, 15) is 9.59 Å². The zero-order valence-electron chi connectivity index (χ0n) is 14.3. The summed E-state index contributed by atoms with van der Waals surface area (Å²) in [5.74, 6) is 0.169. The number of rotatable bonds is 5. The number of carbonyl (C=O) groups is 2. The van der Waals surface area contributed by atoms with Crippen LogP contribution in [0.2, 0.25) is 0 Å². The van der Waals surface area contributed by atoms with Crippen molar-refractivity contribution >= 4 is 23.3 Å². The van der Waals surface area contributed by atoms with Gasteiger partial charge in [0.15, 0.2) is 0 Å². The molecule has 3 amide bonds. The SMILES string of the molecule is CCC(=O)N1CC[C@@H](NC(=O)NCC2(c3cccs3)CCCC2)C1. The molecule has 0 bridgehead atoms. The second-order valence-corrected chi connectivity index (χ2v) is 7.92. The van der Waals surface area contributed by atoms with Gasteiger partial charge in [-0.05, 0) is 30.7 Å². The van der Waals surface area contributed by atoms with Gasteiger partial charge in [0.05, 0.1) is 0 Å². The molecule has 0 spiro atoms. The van der Waals surface area contributed by atoms with Gasteiger partial charge < -0.3 is 15.5 Å². The van der Waals surface area contributed by atoms with Crippen molar-refractivity contribution in [2.24, 2.45) is 0 Å². The van der Waals surface area contributed by atoms with Crippen LogP contribution in [0.5, 0.6) is 0 Å². The van der Waals surface area contributed by atoms with Gasteiger partial charge in [0, 0.05) is 42.4 Å². The van der Waals surface area contributed by atoms with Crippen LogP contribution in [0.1, 0.15) is 50.3 Å². The highest BCUT2D eigenvalue weighted by atomic mass is 32.1. The summed E-state index contributed by atoms with van der Waals surface area (Å²) in [6.07, 6.45) is 6.14. The molecule has 5 nitrogen and oxygen atoms in total. The molecule has 1 saturated heterocycles. The Balaban J connectivity index is 1.50. The van der Waals surface area contributed by atoms with Crippen molar-refractivity contribution in [2.45, 2.75) is 56.9 Å². The maximum Gasteiger partial charge on any atom is 0.315 e. The first-order chi connectivity index (χ1) is 11.6. The maximum absolute atomic E-state index is 12.3. The zero-order valence-corrected chi connectivity index (χ0v) is 15.2. The first-order valence-electron chi connectivity index (χ1n) is 8.99. The summed E-state index contributed by atoms with van der Waals surface area (Å²) in [6.45, 7) is 3.96. The lowest BCUT2D eigenvalue weighted by molar-refractivity contribution is -0.129. The summed E-state index contributed by atoms with van der Waals surface area (Å²) in [5.41, 5.74) is 0.116. The largest absolute Gasteiger partial charge is 0.341 e. The molecule has 2 heterocycles. The Bertz CT molecular complexity index is 567. The number of nitrogens with zero attached hydrogens (tertiary/aromatic N) is 1. The van der Waals surface area contributed by atoms with Crippen molar-refractivity contribution in [1.82, 2.24) is 15.5 Å². The van der Waals surface area contributed by atoms with Crippen molar-refractivity contribution in [3.8, 4) is 0 Å². The lowest BCUT2D eigenvalue weighted by Gasteiger charge is -2.28.